The minimum atomic E-state index is -3.73. The summed E-state index contributed by atoms with van der Waals surface area (Å²) in [7, 11) is 1.53. The topological polar surface area (TPSA) is 50.3 Å². The molecule has 1 aliphatic heterocycles. The van der Waals surface area contributed by atoms with Crippen molar-refractivity contribution in [3.63, 3.8) is 0 Å². The molecular weight excluding hydrogens is 248 g/mol. The first-order valence-electron chi connectivity index (χ1n) is 5.24. The molecular formula is C10H13ClN2O2S. The van der Waals surface area contributed by atoms with Crippen LogP contribution in [0.15, 0.2) is 23.2 Å². The number of anilines is 1. The number of pyridine rings is 1. The van der Waals surface area contributed by atoms with E-state index in [1.165, 1.54) is 12.5 Å². The van der Waals surface area contributed by atoms with Gasteiger partial charge < -0.3 is 4.90 Å². The Morgan fingerprint density at radius 1 is 1.19 bits per heavy atom. The average molecular weight is 261 g/mol. The van der Waals surface area contributed by atoms with E-state index in [1.54, 1.807) is 6.07 Å². The quantitative estimate of drug-likeness (QED) is 0.764. The third-order valence-electron chi connectivity index (χ3n) is 2.64. The molecule has 1 aliphatic rings. The minimum Gasteiger partial charge on any atom is -0.357 e. The second-order valence-corrected chi connectivity index (χ2v) is 6.33. The fourth-order valence-corrected chi connectivity index (χ4v) is 2.54. The Balaban J connectivity index is 2.28. The van der Waals surface area contributed by atoms with Gasteiger partial charge in [-0.15, -0.1) is 0 Å². The summed E-state index contributed by atoms with van der Waals surface area (Å²) in [5, 5.41) is -0.0720. The van der Waals surface area contributed by atoms with Crippen LogP contribution in [0, 0.1) is 0 Å². The Morgan fingerprint density at radius 2 is 1.88 bits per heavy atom. The average Bonchev–Trinajstić information content (AvgIpc) is 2.29. The molecule has 0 aliphatic carbocycles. The van der Waals surface area contributed by atoms with Crippen LogP contribution in [0.25, 0.3) is 0 Å². The van der Waals surface area contributed by atoms with Gasteiger partial charge in [-0.3, -0.25) is 0 Å². The monoisotopic (exact) mass is 260 g/mol. The van der Waals surface area contributed by atoms with Gasteiger partial charge in [0.15, 0.2) is 5.03 Å². The lowest BCUT2D eigenvalue weighted by Gasteiger charge is -2.27. The minimum absolute atomic E-state index is 0.0720. The van der Waals surface area contributed by atoms with Crippen LogP contribution in [0.3, 0.4) is 0 Å². The van der Waals surface area contributed by atoms with Crippen LogP contribution in [-0.4, -0.2) is 26.5 Å². The maximum atomic E-state index is 11.2. The van der Waals surface area contributed by atoms with Crippen LogP contribution in [0.5, 0.6) is 0 Å². The van der Waals surface area contributed by atoms with Crippen LogP contribution >= 0.6 is 10.7 Å². The summed E-state index contributed by atoms with van der Waals surface area (Å²) in [6, 6.07) is 4.90. The van der Waals surface area contributed by atoms with Crippen molar-refractivity contribution in [3.8, 4) is 0 Å². The van der Waals surface area contributed by atoms with Gasteiger partial charge in [0.1, 0.15) is 5.82 Å². The SMILES string of the molecule is O=S(=O)(Cl)c1cccc(N2CCCCC2)n1. The third-order valence-corrected chi connectivity index (χ3v) is 3.84. The Morgan fingerprint density at radius 3 is 2.50 bits per heavy atom. The summed E-state index contributed by atoms with van der Waals surface area (Å²) in [6.07, 6.45) is 3.48. The number of aromatic nitrogens is 1. The van der Waals surface area contributed by atoms with Crippen molar-refractivity contribution >= 4 is 25.6 Å². The predicted octanol–water partition coefficient (Wildman–Crippen LogP) is 2.00. The van der Waals surface area contributed by atoms with E-state index in [0.717, 1.165) is 25.9 Å². The second-order valence-electron chi connectivity index (χ2n) is 3.82. The van der Waals surface area contributed by atoms with Gasteiger partial charge in [0.2, 0.25) is 0 Å². The molecule has 6 heteroatoms. The zero-order valence-electron chi connectivity index (χ0n) is 8.76. The molecule has 0 atom stereocenters. The summed E-state index contributed by atoms with van der Waals surface area (Å²) >= 11 is 0. The summed E-state index contributed by atoms with van der Waals surface area (Å²) in [5.41, 5.74) is 0. The van der Waals surface area contributed by atoms with Gasteiger partial charge >= 0.3 is 0 Å². The van der Waals surface area contributed by atoms with Gasteiger partial charge in [-0.1, -0.05) is 6.07 Å². The largest absolute Gasteiger partial charge is 0.357 e. The number of hydrogen-bond donors (Lipinski definition) is 0. The van der Waals surface area contributed by atoms with E-state index in [0.29, 0.717) is 5.82 Å². The maximum Gasteiger partial charge on any atom is 0.278 e. The predicted molar refractivity (Wildman–Crippen MR) is 63.3 cm³/mol. The molecule has 0 bridgehead atoms. The van der Waals surface area contributed by atoms with E-state index in [-0.39, 0.29) is 5.03 Å². The molecule has 0 saturated carbocycles. The van der Waals surface area contributed by atoms with E-state index < -0.39 is 9.05 Å². The van der Waals surface area contributed by atoms with Crippen LogP contribution in [0.2, 0.25) is 0 Å². The molecule has 4 nitrogen and oxygen atoms in total. The van der Waals surface area contributed by atoms with Gasteiger partial charge in [-0.2, -0.15) is 0 Å². The molecule has 0 aromatic carbocycles. The third kappa shape index (κ3) is 2.65. The van der Waals surface area contributed by atoms with E-state index in [1.807, 2.05) is 6.07 Å². The molecule has 0 N–H and O–H groups in total. The summed E-state index contributed by atoms with van der Waals surface area (Å²) < 4.78 is 22.3. The first kappa shape index (κ1) is 11.7. The van der Waals surface area contributed by atoms with Crippen molar-refractivity contribution in [2.75, 3.05) is 18.0 Å². The molecule has 1 saturated heterocycles. The van der Waals surface area contributed by atoms with E-state index >= 15 is 0 Å². The smallest absolute Gasteiger partial charge is 0.278 e. The zero-order valence-corrected chi connectivity index (χ0v) is 10.3. The highest BCUT2D eigenvalue weighted by atomic mass is 35.7. The van der Waals surface area contributed by atoms with Crippen molar-refractivity contribution in [2.24, 2.45) is 0 Å². The number of piperidine rings is 1. The molecule has 0 radical (unpaired) electrons. The normalized spacial score (nSPS) is 17.4. The number of halogens is 1. The fourth-order valence-electron chi connectivity index (χ4n) is 1.84. The molecule has 0 amide bonds. The Labute approximate surface area is 99.7 Å². The fraction of sp³-hybridized carbons (Fsp3) is 0.500. The molecule has 0 unspecified atom stereocenters. The Hall–Kier alpha value is -0.810. The van der Waals surface area contributed by atoms with Gasteiger partial charge in [0.25, 0.3) is 9.05 Å². The lowest BCUT2D eigenvalue weighted by molar-refractivity contribution is 0.571. The first-order chi connectivity index (χ1) is 7.57. The molecule has 1 aromatic heterocycles. The van der Waals surface area contributed by atoms with Gasteiger partial charge in [-0.05, 0) is 31.4 Å². The molecule has 88 valence electrons. The molecule has 1 fully saturated rings. The molecule has 2 heterocycles. The highest BCUT2D eigenvalue weighted by Gasteiger charge is 2.16. The zero-order chi connectivity index (χ0) is 11.6. The molecule has 0 spiro atoms. The standard InChI is InChI=1S/C10H13ClN2O2S/c11-16(14,15)10-6-4-5-9(12-10)13-7-2-1-3-8-13/h4-6H,1-3,7-8H2. The first-order valence-corrected chi connectivity index (χ1v) is 7.55. The lowest BCUT2D eigenvalue weighted by atomic mass is 10.1. The summed E-state index contributed by atoms with van der Waals surface area (Å²) in [6.45, 7) is 1.86. The lowest BCUT2D eigenvalue weighted by Crippen LogP contribution is -2.30. The van der Waals surface area contributed by atoms with E-state index in [4.69, 9.17) is 10.7 Å². The summed E-state index contributed by atoms with van der Waals surface area (Å²) in [5.74, 6) is 0.696. The van der Waals surface area contributed by atoms with Crippen molar-refractivity contribution < 1.29 is 8.42 Å². The van der Waals surface area contributed by atoms with Crippen molar-refractivity contribution in [3.05, 3.63) is 18.2 Å². The Kier molecular flexibility index (Phi) is 3.35. The maximum absolute atomic E-state index is 11.2. The number of nitrogens with zero attached hydrogens (tertiary/aromatic N) is 2. The van der Waals surface area contributed by atoms with Crippen LogP contribution in [-0.2, 0) is 9.05 Å². The number of rotatable bonds is 2. The number of hydrogen-bond acceptors (Lipinski definition) is 4. The van der Waals surface area contributed by atoms with Gasteiger partial charge in [0.05, 0.1) is 0 Å². The van der Waals surface area contributed by atoms with Crippen LogP contribution in [0.4, 0.5) is 5.82 Å². The van der Waals surface area contributed by atoms with Crippen LogP contribution in [0.1, 0.15) is 19.3 Å². The van der Waals surface area contributed by atoms with Crippen LogP contribution < -0.4 is 4.90 Å². The summed E-state index contributed by atoms with van der Waals surface area (Å²) in [4.78, 5) is 6.17. The highest BCUT2D eigenvalue weighted by Crippen LogP contribution is 2.20. The van der Waals surface area contributed by atoms with Crippen molar-refractivity contribution in [1.29, 1.82) is 0 Å². The van der Waals surface area contributed by atoms with E-state index in [2.05, 4.69) is 9.88 Å². The molecule has 2 rings (SSSR count). The second kappa shape index (κ2) is 4.59. The molecule has 1 aromatic rings. The van der Waals surface area contributed by atoms with Gasteiger partial charge in [-0.25, -0.2) is 13.4 Å². The highest BCUT2D eigenvalue weighted by molar-refractivity contribution is 8.13. The van der Waals surface area contributed by atoms with Crippen molar-refractivity contribution in [1.82, 2.24) is 4.98 Å². The van der Waals surface area contributed by atoms with Crippen molar-refractivity contribution in [2.45, 2.75) is 24.3 Å². The van der Waals surface area contributed by atoms with Gasteiger partial charge in [0, 0.05) is 23.8 Å². The molecule has 16 heavy (non-hydrogen) atoms. The Bertz CT molecular complexity index is 469. The van der Waals surface area contributed by atoms with E-state index in [9.17, 15) is 8.42 Å².